The number of hydrogen-bond acceptors (Lipinski definition) is 6. The van der Waals surface area contributed by atoms with E-state index in [1.165, 1.54) is 16.7 Å². The molecule has 146 valence electrons. The fourth-order valence-electron chi connectivity index (χ4n) is 2.87. The minimum absolute atomic E-state index is 0.0272. The lowest BCUT2D eigenvalue weighted by atomic mass is 10.3. The summed E-state index contributed by atoms with van der Waals surface area (Å²) in [6, 6.07) is 8.08. The average molecular weight is 400 g/mol. The Hall–Kier alpha value is -1.47. The predicted molar refractivity (Wildman–Crippen MR) is 112 cm³/mol. The minimum atomic E-state index is -2.88. The SMILES string of the molecule is CCOC(=O)CC(SC1=Nc2ccccc2S1(C)(C)(C)C)C(=O)OCC. The Morgan fingerprint density at radius 1 is 1.08 bits per heavy atom. The second kappa shape index (κ2) is 6.60. The van der Waals surface area contributed by atoms with Gasteiger partial charge in [-0.25, -0.2) is 13.3 Å². The molecule has 1 aromatic carbocycles. The molecule has 1 aliphatic rings. The predicted octanol–water partition coefficient (Wildman–Crippen LogP) is 4.06. The van der Waals surface area contributed by atoms with Crippen LogP contribution in [0.1, 0.15) is 20.3 Å². The third-order valence-electron chi connectivity index (χ3n) is 4.30. The molecule has 0 saturated carbocycles. The fourth-order valence-corrected chi connectivity index (χ4v) is 8.44. The second-order valence-electron chi connectivity index (χ2n) is 8.40. The van der Waals surface area contributed by atoms with E-state index in [0.717, 1.165) is 10.1 Å². The first kappa shape index (κ1) is 20.8. The lowest BCUT2D eigenvalue weighted by Gasteiger charge is -2.66. The molecule has 1 atom stereocenters. The number of carbonyl (C=O) groups is 2. The molecule has 0 aromatic heterocycles. The van der Waals surface area contributed by atoms with Crippen LogP contribution in [0.2, 0.25) is 0 Å². The number of para-hydroxylation sites is 1. The largest absolute Gasteiger partial charge is 0.466 e. The van der Waals surface area contributed by atoms with Gasteiger partial charge in [0.15, 0.2) is 0 Å². The van der Waals surface area contributed by atoms with Crippen molar-refractivity contribution in [3.8, 4) is 0 Å². The van der Waals surface area contributed by atoms with E-state index in [-0.39, 0.29) is 19.6 Å². The molecular weight excluding hydrogens is 370 g/mol. The summed E-state index contributed by atoms with van der Waals surface area (Å²) >= 11 is 1.34. The highest BCUT2D eigenvalue weighted by Crippen LogP contribution is 2.90. The van der Waals surface area contributed by atoms with Crippen molar-refractivity contribution < 1.29 is 19.1 Å². The molecular formula is C19H29NO4S2. The van der Waals surface area contributed by atoms with E-state index in [9.17, 15) is 9.59 Å². The molecule has 26 heavy (non-hydrogen) atoms. The third kappa shape index (κ3) is 3.93. The summed E-state index contributed by atoms with van der Waals surface area (Å²) in [6.07, 6.45) is 8.88. The molecule has 0 N–H and O–H groups in total. The minimum Gasteiger partial charge on any atom is -0.466 e. The summed E-state index contributed by atoms with van der Waals surface area (Å²) in [5.41, 5.74) is 0.936. The van der Waals surface area contributed by atoms with Crippen LogP contribution in [0.15, 0.2) is 34.2 Å². The number of nitrogens with zero attached hydrogens (tertiary/aromatic N) is 1. The maximum Gasteiger partial charge on any atom is 0.320 e. The Bertz CT molecular complexity index is 764. The van der Waals surface area contributed by atoms with Crippen molar-refractivity contribution >= 4 is 42.1 Å². The first-order chi connectivity index (χ1) is 11.9. The first-order valence-corrected chi connectivity index (χ1v) is 13.6. The van der Waals surface area contributed by atoms with Crippen LogP contribution in [0, 0.1) is 0 Å². The van der Waals surface area contributed by atoms with E-state index in [2.05, 4.69) is 31.1 Å². The first-order valence-electron chi connectivity index (χ1n) is 8.61. The quantitative estimate of drug-likeness (QED) is 0.533. The highest BCUT2D eigenvalue weighted by atomic mass is 32.4. The van der Waals surface area contributed by atoms with E-state index in [1.807, 2.05) is 18.2 Å². The van der Waals surface area contributed by atoms with E-state index < -0.39 is 25.5 Å². The Labute approximate surface area is 159 Å². The molecule has 7 heteroatoms. The Morgan fingerprint density at radius 2 is 1.69 bits per heavy atom. The zero-order valence-corrected chi connectivity index (χ0v) is 18.0. The van der Waals surface area contributed by atoms with E-state index in [1.54, 1.807) is 13.8 Å². The van der Waals surface area contributed by atoms with Crippen LogP contribution in [0.4, 0.5) is 5.69 Å². The van der Waals surface area contributed by atoms with Crippen molar-refractivity contribution in [2.45, 2.75) is 30.4 Å². The number of aliphatic imine (C=N–C) groups is 1. The van der Waals surface area contributed by atoms with E-state index in [4.69, 9.17) is 14.5 Å². The summed E-state index contributed by atoms with van der Waals surface area (Å²) < 4.78 is 11.1. The molecule has 0 radical (unpaired) electrons. The summed E-state index contributed by atoms with van der Waals surface area (Å²) in [5.74, 6) is -0.806. The molecule has 1 aliphatic heterocycles. The van der Waals surface area contributed by atoms with Crippen molar-refractivity contribution in [3.05, 3.63) is 24.3 Å². The van der Waals surface area contributed by atoms with Crippen LogP contribution in [-0.2, 0) is 19.1 Å². The molecule has 0 aliphatic carbocycles. The normalized spacial score (nSPS) is 22.5. The zero-order chi connectivity index (χ0) is 19.7. The van der Waals surface area contributed by atoms with Gasteiger partial charge in [0, 0.05) is 4.90 Å². The summed E-state index contributed by atoms with van der Waals surface area (Å²) in [6.45, 7) is 4.06. The number of thioether (sulfide) groups is 1. The molecule has 1 aromatic rings. The maximum absolute atomic E-state index is 12.5. The second-order valence-corrected chi connectivity index (χ2v) is 19.0. The summed E-state index contributed by atoms with van der Waals surface area (Å²) in [4.78, 5) is 30.5. The Balaban J connectivity index is 2.39. The number of carbonyl (C=O) groups excluding carboxylic acids is 2. The molecule has 0 saturated heterocycles. The molecule has 0 amide bonds. The molecule has 5 nitrogen and oxygen atoms in total. The van der Waals surface area contributed by atoms with Gasteiger partial charge >= 0.3 is 11.9 Å². The molecule has 0 spiro atoms. The van der Waals surface area contributed by atoms with Crippen LogP contribution in [0.5, 0.6) is 0 Å². The highest BCUT2D eigenvalue weighted by molar-refractivity contribution is 8.80. The smallest absolute Gasteiger partial charge is 0.320 e. The van der Waals surface area contributed by atoms with Crippen molar-refractivity contribution in [2.24, 2.45) is 4.99 Å². The average Bonchev–Trinajstić information content (AvgIpc) is 2.71. The lowest BCUT2D eigenvalue weighted by Crippen LogP contribution is -2.38. The Kier molecular flexibility index (Phi) is 5.29. The number of rotatable bonds is 6. The van der Waals surface area contributed by atoms with Crippen molar-refractivity contribution in [1.82, 2.24) is 0 Å². The fraction of sp³-hybridized carbons (Fsp3) is 0.526. The lowest BCUT2D eigenvalue weighted by molar-refractivity contribution is -0.149. The number of fused-ring (bicyclic) bond motifs is 1. The molecule has 0 bridgehead atoms. The van der Waals surface area contributed by atoms with Crippen LogP contribution in [0.3, 0.4) is 0 Å². The van der Waals surface area contributed by atoms with E-state index in [0.29, 0.717) is 0 Å². The van der Waals surface area contributed by atoms with Crippen LogP contribution in [0.25, 0.3) is 0 Å². The highest BCUT2D eigenvalue weighted by Gasteiger charge is 2.55. The van der Waals surface area contributed by atoms with Crippen molar-refractivity contribution in [2.75, 3.05) is 38.2 Å². The number of ether oxygens (including phenoxy) is 2. The van der Waals surface area contributed by atoms with Gasteiger partial charge in [0.05, 0.1) is 25.3 Å². The van der Waals surface area contributed by atoms with Gasteiger partial charge < -0.3 is 9.47 Å². The number of esters is 2. The van der Waals surface area contributed by atoms with Crippen LogP contribution >= 0.6 is 20.1 Å². The molecule has 0 fully saturated rings. The monoisotopic (exact) mass is 399 g/mol. The van der Waals surface area contributed by atoms with Crippen LogP contribution in [-0.4, -0.2) is 59.8 Å². The number of hydrogen-bond donors (Lipinski definition) is 0. The summed E-state index contributed by atoms with van der Waals surface area (Å²) in [7, 11) is -2.88. The molecule has 2 rings (SSSR count). The van der Waals surface area contributed by atoms with Gasteiger partial charge in [0.25, 0.3) is 0 Å². The van der Waals surface area contributed by atoms with Crippen molar-refractivity contribution in [1.29, 1.82) is 0 Å². The summed E-state index contributed by atoms with van der Waals surface area (Å²) in [5, 5.41) is -0.670. The standard InChI is InChI=1S/C19H29NO4S2/c1-7-23-17(21)13-15(18(22)24-8-2)25-19-20-14-11-9-10-12-16(14)26(19,3,4,5)6/h9-12,15H,7-8,13H2,1-6H3. The van der Waals surface area contributed by atoms with Crippen LogP contribution < -0.4 is 0 Å². The van der Waals surface area contributed by atoms with Gasteiger partial charge in [-0.05, 0) is 51.0 Å². The van der Waals surface area contributed by atoms with Gasteiger partial charge in [-0.2, -0.15) is 0 Å². The topological polar surface area (TPSA) is 65.0 Å². The zero-order valence-electron chi connectivity index (χ0n) is 16.4. The maximum atomic E-state index is 12.5. The third-order valence-corrected chi connectivity index (χ3v) is 11.8. The van der Waals surface area contributed by atoms with E-state index >= 15 is 0 Å². The van der Waals surface area contributed by atoms with Gasteiger partial charge in [0.1, 0.15) is 9.63 Å². The Morgan fingerprint density at radius 3 is 2.27 bits per heavy atom. The molecule has 1 unspecified atom stereocenters. The number of benzene rings is 1. The van der Waals surface area contributed by atoms with Gasteiger partial charge in [0.2, 0.25) is 0 Å². The van der Waals surface area contributed by atoms with Crippen molar-refractivity contribution in [3.63, 3.8) is 0 Å². The van der Waals surface area contributed by atoms with Gasteiger partial charge in [-0.1, -0.05) is 23.9 Å². The van der Waals surface area contributed by atoms with Gasteiger partial charge in [-0.3, -0.25) is 9.59 Å². The van der Waals surface area contributed by atoms with Gasteiger partial charge in [-0.15, -0.1) is 0 Å². The molecule has 1 heterocycles.